The number of hydrogen-bond acceptors (Lipinski definition) is 8. The van der Waals surface area contributed by atoms with E-state index in [1.165, 1.54) is 7.11 Å². The van der Waals surface area contributed by atoms with E-state index in [0.717, 1.165) is 5.56 Å². The van der Waals surface area contributed by atoms with E-state index in [4.69, 9.17) is 18.9 Å². The standard InChI is InChI=1S/C17H24O8/c1-22-7-3-4-10-5-6-11(12(8-10)23-2)24-17-16(21)15(20)14(19)13(9-18)25-17/h3-6,8,13-21H,7,9H2,1-2H3/b4-3+/t13-,14-,15+,16-,17-/m1/s1. The van der Waals surface area contributed by atoms with Gasteiger partial charge in [0.2, 0.25) is 6.29 Å². The minimum atomic E-state index is -1.50. The second-order valence-corrected chi connectivity index (χ2v) is 5.58. The number of aliphatic hydroxyl groups is 4. The lowest BCUT2D eigenvalue weighted by atomic mass is 9.99. The number of rotatable bonds is 7. The molecule has 0 radical (unpaired) electrons. The van der Waals surface area contributed by atoms with Gasteiger partial charge in [0.05, 0.1) is 20.3 Å². The van der Waals surface area contributed by atoms with E-state index < -0.39 is 37.3 Å². The summed E-state index contributed by atoms with van der Waals surface area (Å²) in [6.07, 6.45) is -3.03. The van der Waals surface area contributed by atoms with Gasteiger partial charge >= 0.3 is 0 Å². The van der Waals surface area contributed by atoms with Crippen LogP contribution in [0.15, 0.2) is 24.3 Å². The molecule has 1 fully saturated rings. The summed E-state index contributed by atoms with van der Waals surface area (Å²) in [6, 6.07) is 5.13. The molecule has 1 aromatic carbocycles. The highest BCUT2D eigenvalue weighted by atomic mass is 16.7. The molecule has 140 valence electrons. The fourth-order valence-corrected chi connectivity index (χ4v) is 2.46. The molecule has 1 aromatic rings. The molecule has 1 aliphatic heterocycles. The van der Waals surface area contributed by atoms with Crippen molar-refractivity contribution >= 4 is 6.08 Å². The Hall–Kier alpha value is -1.68. The summed E-state index contributed by atoms with van der Waals surface area (Å²) < 4.78 is 21.1. The first-order valence-electron chi connectivity index (χ1n) is 7.82. The van der Waals surface area contributed by atoms with Crippen molar-refractivity contribution in [3.8, 4) is 11.5 Å². The SMILES string of the molecule is COC/C=C/c1ccc(O[C@@H]2O[C@H](CO)[C@@H](O)[C@H](O)[C@H]2O)c(OC)c1. The van der Waals surface area contributed by atoms with Crippen LogP contribution in [0.5, 0.6) is 11.5 Å². The third-order valence-electron chi connectivity index (χ3n) is 3.85. The molecule has 1 saturated heterocycles. The summed E-state index contributed by atoms with van der Waals surface area (Å²) in [5, 5.41) is 38.9. The van der Waals surface area contributed by atoms with Crippen molar-refractivity contribution < 1.29 is 39.4 Å². The van der Waals surface area contributed by atoms with Crippen molar-refractivity contribution in [3.05, 3.63) is 29.8 Å². The summed E-state index contributed by atoms with van der Waals surface area (Å²) >= 11 is 0. The first-order chi connectivity index (χ1) is 12.0. The molecule has 2 rings (SSSR count). The van der Waals surface area contributed by atoms with Crippen molar-refractivity contribution in [1.82, 2.24) is 0 Å². The minimum Gasteiger partial charge on any atom is -0.493 e. The van der Waals surface area contributed by atoms with Gasteiger partial charge in [0.25, 0.3) is 0 Å². The van der Waals surface area contributed by atoms with Crippen molar-refractivity contribution in [2.75, 3.05) is 27.4 Å². The molecule has 8 nitrogen and oxygen atoms in total. The van der Waals surface area contributed by atoms with E-state index >= 15 is 0 Å². The molecule has 25 heavy (non-hydrogen) atoms. The number of methoxy groups -OCH3 is 2. The van der Waals surface area contributed by atoms with E-state index in [-0.39, 0.29) is 5.75 Å². The minimum absolute atomic E-state index is 0.288. The van der Waals surface area contributed by atoms with Crippen LogP contribution in [0.4, 0.5) is 0 Å². The molecule has 0 spiro atoms. The molecule has 0 saturated carbocycles. The van der Waals surface area contributed by atoms with Crippen LogP contribution in [0.3, 0.4) is 0 Å². The zero-order chi connectivity index (χ0) is 18.4. The van der Waals surface area contributed by atoms with E-state index in [2.05, 4.69) is 0 Å². The molecule has 0 amide bonds. The molecule has 0 aromatic heterocycles. The molecule has 1 aliphatic rings. The van der Waals surface area contributed by atoms with Gasteiger partial charge in [0, 0.05) is 7.11 Å². The highest BCUT2D eigenvalue weighted by Gasteiger charge is 2.44. The van der Waals surface area contributed by atoms with Crippen LogP contribution in [0.25, 0.3) is 6.08 Å². The van der Waals surface area contributed by atoms with Crippen molar-refractivity contribution in [3.63, 3.8) is 0 Å². The lowest BCUT2D eigenvalue weighted by Gasteiger charge is -2.39. The molecule has 1 heterocycles. The molecule has 0 unspecified atom stereocenters. The van der Waals surface area contributed by atoms with Gasteiger partial charge in [-0.3, -0.25) is 0 Å². The fraction of sp³-hybridized carbons (Fsp3) is 0.529. The Morgan fingerprint density at radius 3 is 2.48 bits per heavy atom. The average Bonchev–Trinajstić information content (AvgIpc) is 2.63. The van der Waals surface area contributed by atoms with E-state index in [0.29, 0.717) is 12.4 Å². The van der Waals surface area contributed by atoms with Crippen molar-refractivity contribution in [2.45, 2.75) is 30.7 Å². The van der Waals surface area contributed by atoms with Gasteiger partial charge in [-0.2, -0.15) is 0 Å². The molecule has 4 N–H and O–H groups in total. The number of hydrogen-bond donors (Lipinski definition) is 4. The quantitative estimate of drug-likeness (QED) is 0.518. The van der Waals surface area contributed by atoms with E-state index in [1.54, 1.807) is 25.3 Å². The summed E-state index contributed by atoms with van der Waals surface area (Å²) in [7, 11) is 3.07. The van der Waals surface area contributed by atoms with Crippen LogP contribution in [-0.4, -0.2) is 78.6 Å². The summed E-state index contributed by atoms with van der Waals surface area (Å²) in [5.41, 5.74) is 0.857. The average molecular weight is 356 g/mol. The van der Waals surface area contributed by atoms with Gasteiger partial charge < -0.3 is 39.4 Å². The predicted octanol–water partition coefficient (Wildman–Crippen LogP) is -0.467. The maximum absolute atomic E-state index is 10.0. The van der Waals surface area contributed by atoms with Crippen LogP contribution in [0.1, 0.15) is 5.56 Å². The number of aliphatic hydroxyl groups excluding tert-OH is 4. The van der Waals surface area contributed by atoms with Gasteiger partial charge in [0.1, 0.15) is 24.4 Å². The van der Waals surface area contributed by atoms with E-state index in [9.17, 15) is 20.4 Å². The summed E-state index contributed by atoms with van der Waals surface area (Å²) in [4.78, 5) is 0. The third-order valence-corrected chi connectivity index (χ3v) is 3.85. The molecule has 0 aliphatic carbocycles. The van der Waals surface area contributed by atoms with E-state index in [1.807, 2.05) is 12.2 Å². The summed E-state index contributed by atoms with van der Waals surface area (Å²) in [6.45, 7) is -0.0450. The van der Waals surface area contributed by atoms with Gasteiger partial charge in [-0.15, -0.1) is 0 Å². The largest absolute Gasteiger partial charge is 0.493 e. The lowest BCUT2D eigenvalue weighted by molar-refractivity contribution is -0.277. The van der Waals surface area contributed by atoms with Gasteiger partial charge in [-0.25, -0.2) is 0 Å². The van der Waals surface area contributed by atoms with Crippen LogP contribution in [0.2, 0.25) is 0 Å². The number of benzene rings is 1. The monoisotopic (exact) mass is 356 g/mol. The predicted molar refractivity (Wildman–Crippen MR) is 88.3 cm³/mol. The van der Waals surface area contributed by atoms with Crippen LogP contribution >= 0.6 is 0 Å². The van der Waals surface area contributed by atoms with Crippen LogP contribution in [-0.2, 0) is 9.47 Å². The Kier molecular flexibility index (Phi) is 7.18. The van der Waals surface area contributed by atoms with Gasteiger partial charge in [-0.05, 0) is 17.7 Å². The molecule has 0 bridgehead atoms. The maximum atomic E-state index is 10.0. The zero-order valence-corrected chi connectivity index (χ0v) is 14.1. The summed E-state index contributed by atoms with van der Waals surface area (Å²) in [5.74, 6) is 0.687. The Morgan fingerprint density at radius 2 is 1.84 bits per heavy atom. The van der Waals surface area contributed by atoms with Crippen LogP contribution in [0, 0.1) is 0 Å². The van der Waals surface area contributed by atoms with Crippen molar-refractivity contribution in [2.24, 2.45) is 0 Å². The molecular weight excluding hydrogens is 332 g/mol. The van der Waals surface area contributed by atoms with Crippen molar-refractivity contribution in [1.29, 1.82) is 0 Å². The normalized spacial score (nSPS) is 29.8. The maximum Gasteiger partial charge on any atom is 0.229 e. The molecular formula is C17H24O8. The Bertz CT molecular complexity index is 574. The lowest BCUT2D eigenvalue weighted by Crippen LogP contribution is -2.60. The van der Waals surface area contributed by atoms with Gasteiger partial charge in [0.15, 0.2) is 11.5 Å². The Morgan fingerprint density at radius 1 is 1.08 bits per heavy atom. The molecule has 8 heteroatoms. The first kappa shape index (κ1) is 19.6. The Labute approximate surface area is 145 Å². The molecule has 5 atom stereocenters. The second kappa shape index (κ2) is 9.14. The Balaban J connectivity index is 2.15. The smallest absolute Gasteiger partial charge is 0.229 e. The topological polar surface area (TPSA) is 118 Å². The first-order valence-corrected chi connectivity index (χ1v) is 7.82. The highest BCUT2D eigenvalue weighted by Crippen LogP contribution is 2.32. The number of ether oxygens (including phenoxy) is 4. The van der Waals surface area contributed by atoms with Crippen LogP contribution < -0.4 is 9.47 Å². The third kappa shape index (κ3) is 4.69. The second-order valence-electron chi connectivity index (χ2n) is 5.58. The fourth-order valence-electron chi connectivity index (χ4n) is 2.46. The highest BCUT2D eigenvalue weighted by molar-refractivity contribution is 5.56. The zero-order valence-electron chi connectivity index (χ0n) is 14.1. The van der Waals surface area contributed by atoms with Gasteiger partial charge in [-0.1, -0.05) is 18.2 Å².